The molecule has 0 atom stereocenters. The van der Waals surface area contributed by atoms with Gasteiger partial charge in [-0.1, -0.05) is 36.4 Å². The topological polar surface area (TPSA) is 33.5 Å². The first kappa shape index (κ1) is 14.9. The number of imidazole rings is 1. The number of hydrogen-bond donors (Lipinski definition) is 0. The van der Waals surface area contributed by atoms with Gasteiger partial charge in [0.1, 0.15) is 18.1 Å². The summed E-state index contributed by atoms with van der Waals surface area (Å²) in [6, 6.07) is 19.9. The summed E-state index contributed by atoms with van der Waals surface area (Å²) >= 11 is 0. The molecule has 4 heteroatoms. The largest absolute Gasteiger partial charge is 0.239 e. The van der Waals surface area contributed by atoms with Gasteiger partial charge in [0.25, 0.3) is 0 Å². The lowest BCUT2D eigenvalue weighted by molar-refractivity contribution is -0.555. The normalized spacial score (nSPS) is 12.4. The van der Waals surface area contributed by atoms with E-state index in [1.54, 1.807) is 0 Å². The van der Waals surface area contributed by atoms with Crippen molar-refractivity contribution in [3.8, 4) is 0 Å². The zero-order valence-electron chi connectivity index (χ0n) is 13.3. The number of para-hydroxylation sites is 2. The van der Waals surface area contributed by atoms with Crippen molar-refractivity contribution in [2.24, 2.45) is 9.98 Å². The van der Waals surface area contributed by atoms with E-state index in [1.807, 2.05) is 102 Å². The third-order valence-electron chi connectivity index (χ3n) is 3.48. The molecule has 0 radical (unpaired) electrons. The minimum absolute atomic E-state index is 0.905. The van der Waals surface area contributed by atoms with E-state index >= 15 is 0 Å². The van der Waals surface area contributed by atoms with Gasteiger partial charge in [0.15, 0.2) is 5.84 Å². The van der Waals surface area contributed by atoms with Crippen LogP contribution in [-0.2, 0) is 0 Å². The maximum absolute atomic E-state index is 4.61. The second kappa shape index (κ2) is 6.83. The Hall–Kier alpha value is -3.01. The Balaban J connectivity index is 1.83. The molecule has 0 aliphatic carbocycles. The zero-order valence-corrected chi connectivity index (χ0v) is 13.3. The second-order valence-corrected chi connectivity index (χ2v) is 5.22. The molecular formula is C19H19N4+. The summed E-state index contributed by atoms with van der Waals surface area (Å²) in [5.74, 6) is 1.81. The summed E-state index contributed by atoms with van der Waals surface area (Å²) in [6.45, 7) is 3.97. The Morgan fingerprint density at radius 3 is 2.00 bits per heavy atom. The maximum Gasteiger partial charge on any atom is 0.239 e. The molecule has 23 heavy (non-hydrogen) atoms. The third-order valence-corrected chi connectivity index (χ3v) is 3.48. The predicted octanol–water partition coefficient (Wildman–Crippen LogP) is 3.97. The van der Waals surface area contributed by atoms with Gasteiger partial charge >= 0.3 is 0 Å². The van der Waals surface area contributed by atoms with Crippen LogP contribution in [0.25, 0.3) is 0 Å². The van der Waals surface area contributed by atoms with E-state index in [4.69, 9.17) is 0 Å². The predicted molar refractivity (Wildman–Crippen MR) is 93.8 cm³/mol. The molecular weight excluding hydrogens is 284 g/mol. The van der Waals surface area contributed by atoms with Crippen molar-refractivity contribution < 1.29 is 4.57 Å². The lowest BCUT2D eigenvalue weighted by Gasteiger charge is -1.97. The van der Waals surface area contributed by atoms with Crippen molar-refractivity contribution in [2.75, 3.05) is 0 Å². The molecule has 0 bridgehead atoms. The SMILES string of the molecule is C/C(=N\c1ccccc1)n1cc[n+](/C(C)=N/c2ccccc2)c1. The smallest absolute Gasteiger partial charge is 0.224 e. The minimum Gasteiger partial charge on any atom is -0.224 e. The molecule has 3 rings (SSSR count). The highest BCUT2D eigenvalue weighted by Gasteiger charge is 2.08. The monoisotopic (exact) mass is 303 g/mol. The molecule has 2 aromatic carbocycles. The maximum atomic E-state index is 4.61. The van der Waals surface area contributed by atoms with E-state index < -0.39 is 0 Å². The van der Waals surface area contributed by atoms with Crippen LogP contribution in [-0.4, -0.2) is 16.2 Å². The van der Waals surface area contributed by atoms with Crippen molar-refractivity contribution in [2.45, 2.75) is 13.8 Å². The number of hydrogen-bond acceptors (Lipinski definition) is 2. The minimum atomic E-state index is 0.905. The molecule has 1 aromatic heterocycles. The Labute approximate surface area is 136 Å². The van der Waals surface area contributed by atoms with Gasteiger partial charge in [-0.2, -0.15) is 0 Å². The van der Waals surface area contributed by atoms with Crippen LogP contribution in [0.2, 0.25) is 0 Å². The van der Waals surface area contributed by atoms with Crippen molar-refractivity contribution in [1.82, 2.24) is 4.57 Å². The standard InChI is InChI=1S/C19H19N4/c1-16(20-18-9-5-3-6-10-18)22-13-14-23(15-22)17(2)21-19-11-7-4-8-12-19/h3-15H,1-2H3/q+1/b20-16+,21-17+. The summed E-state index contributed by atoms with van der Waals surface area (Å²) < 4.78 is 3.97. The number of benzene rings is 2. The highest BCUT2D eigenvalue weighted by atomic mass is 15.2. The summed E-state index contributed by atoms with van der Waals surface area (Å²) in [7, 11) is 0. The molecule has 4 nitrogen and oxygen atoms in total. The molecule has 0 aliphatic heterocycles. The Morgan fingerprint density at radius 1 is 0.826 bits per heavy atom. The fourth-order valence-corrected chi connectivity index (χ4v) is 2.23. The van der Waals surface area contributed by atoms with Crippen molar-refractivity contribution in [3.05, 3.63) is 79.4 Å². The summed E-state index contributed by atoms with van der Waals surface area (Å²) in [4.78, 5) is 9.22. The van der Waals surface area contributed by atoms with E-state index in [2.05, 4.69) is 9.98 Å². The molecule has 0 N–H and O–H groups in total. The van der Waals surface area contributed by atoms with Gasteiger partial charge in [-0.25, -0.2) is 14.1 Å². The highest BCUT2D eigenvalue weighted by molar-refractivity contribution is 5.84. The molecule has 0 saturated heterocycles. The number of aliphatic imine (C=N–C) groups is 2. The molecule has 1 heterocycles. The Kier molecular flexibility index (Phi) is 4.43. The molecule has 0 spiro atoms. The van der Waals surface area contributed by atoms with Crippen molar-refractivity contribution in [1.29, 1.82) is 0 Å². The molecule has 3 aromatic rings. The third kappa shape index (κ3) is 3.80. The molecule has 0 unspecified atom stereocenters. The quantitative estimate of drug-likeness (QED) is 0.390. The number of rotatable bonds is 2. The van der Waals surface area contributed by atoms with Crippen LogP contribution in [0.3, 0.4) is 0 Å². The first-order chi connectivity index (χ1) is 11.2. The van der Waals surface area contributed by atoms with Crippen molar-refractivity contribution in [3.63, 3.8) is 0 Å². The molecule has 0 aliphatic rings. The van der Waals surface area contributed by atoms with E-state index in [9.17, 15) is 0 Å². The van der Waals surface area contributed by atoms with Gasteiger partial charge in [-0.05, 0) is 24.3 Å². The highest BCUT2D eigenvalue weighted by Crippen LogP contribution is 2.11. The van der Waals surface area contributed by atoms with Gasteiger partial charge in [0.2, 0.25) is 12.2 Å². The van der Waals surface area contributed by atoms with Crippen LogP contribution in [0, 0.1) is 0 Å². The van der Waals surface area contributed by atoms with E-state index in [0.29, 0.717) is 0 Å². The van der Waals surface area contributed by atoms with Crippen LogP contribution < -0.4 is 4.57 Å². The molecule has 0 amide bonds. The lowest BCUT2D eigenvalue weighted by Crippen LogP contribution is -2.38. The Bertz CT molecular complexity index is 760. The Morgan fingerprint density at radius 2 is 1.39 bits per heavy atom. The first-order valence-electron chi connectivity index (χ1n) is 7.53. The van der Waals surface area contributed by atoms with Gasteiger partial charge in [-0.3, -0.25) is 0 Å². The summed E-state index contributed by atoms with van der Waals surface area (Å²) in [5, 5.41) is 0. The van der Waals surface area contributed by atoms with Crippen LogP contribution in [0.5, 0.6) is 0 Å². The van der Waals surface area contributed by atoms with E-state index in [1.165, 1.54) is 0 Å². The van der Waals surface area contributed by atoms with E-state index in [0.717, 1.165) is 23.0 Å². The van der Waals surface area contributed by atoms with Crippen LogP contribution >= 0.6 is 0 Å². The average Bonchev–Trinajstić information content (AvgIpc) is 3.07. The molecule has 0 saturated carbocycles. The van der Waals surface area contributed by atoms with Crippen LogP contribution in [0.4, 0.5) is 11.4 Å². The second-order valence-electron chi connectivity index (χ2n) is 5.22. The number of aromatic nitrogens is 2. The van der Waals surface area contributed by atoms with Crippen molar-refractivity contribution >= 4 is 23.0 Å². The van der Waals surface area contributed by atoms with Gasteiger partial charge < -0.3 is 0 Å². The average molecular weight is 303 g/mol. The van der Waals surface area contributed by atoms with Gasteiger partial charge in [0, 0.05) is 13.8 Å². The van der Waals surface area contributed by atoms with E-state index in [-0.39, 0.29) is 0 Å². The first-order valence-corrected chi connectivity index (χ1v) is 7.53. The fourth-order valence-electron chi connectivity index (χ4n) is 2.23. The molecule has 114 valence electrons. The van der Waals surface area contributed by atoms with Gasteiger partial charge in [-0.15, -0.1) is 4.99 Å². The summed E-state index contributed by atoms with van der Waals surface area (Å²) in [5.41, 5.74) is 1.89. The lowest BCUT2D eigenvalue weighted by atomic mass is 10.3. The molecule has 0 fully saturated rings. The van der Waals surface area contributed by atoms with Gasteiger partial charge in [0.05, 0.1) is 5.69 Å². The van der Waals surface area contributed by atoms with Crippen LogP contribution in [0.15, 0.2) is 89.4 Å². The van der Waals surface area contributed by atoms with Crippen LogP contribution in [0.1, 0.15) is 13.8 Å². The fraction of sp³-hybridized carbons (Fsp3) is 0.105. The summed E-state index contributed by atoms with van der Waals surface area (Å²) in [6.07, 6.45) is 5.93. The zero-order chi connectivity index (χ0) is 16.1. The number of nitrogens with zero attached hydrogens (tertiary/aromatic N) is 4.